The average Bonchev–Trinajstić information content (AvgIpc) is 2.99. The topological polar surface area (TPSA) is 81.0 Å². The summed E-state index contributed by atoms with van der Waals surface area (Å²) >= 11 is 7.59. The molecule has 0 saturated heterocycles. The Morgan fingerprint density at radius 3 is 2.95 bits per heavy atom. The van der Waals surface area contributed by atoms with E-state index >= 15 is 0 Å². The number of aromatic nitrogens is 2. The summed E-state index contributed by atoms with van der Waals surface area (Å²) in [5, 5.41) is 16.9. The number of nitrogens with zero attached hydrogens (tertiary/aromatic N) is 3. The van der Waals surface area contributed by atoms with Crippen LogP contribution in [0, 0.1) is 10.1 Å². The molecule has 0 radical (unpaired) electrons. The molecule has 112 valence electrons. The number of rotatable bonds is 5. The van der Waals surface area contributed by atoms with Gasteiger partial charge in [-0.3, -0.25) is 10.1 Å². The Morgan fingerprint density at radius 2 is 2.23 bits per heavy atom. The van der Waals surface area contributed by atoms with E-state index in [1.807, 2.05) is 11.4 Å². The Hall–Kier alpha value is -2.25. The van der Waals surface area contributed by atoms with E-state index in [9.17, 15) is 10.1 Å². The van der Waals surface area contributed by atoms with Gasteiger partial charge in [-0.05, 0) is 23.9 Å². The zero-order chi connectivity index (χ0) is 15.5. The third-order valence-corrected chi connectivity index (χ3v) is 4.38. The van der Waals surface area contributed by atoms with Gasteiger partial charge < -0.3 is 5.32 Å². The SMILES string of the molecule is O=[N+]([O-])c1cc2c(NCCc3cccs3)ncnc2cc1Cl. The second-order valence-corrected chi connectivity index (χ2v) is 6.00. The van der Waals surface area contributed by atoms with Crippen molar-refractivity contribution < 1.29 is 4.92 Å². The fraction of sp³-hybridized carbons (Fsp3) is 0.143. The molecule has 0 amide bonds. The number of benzene rings is 1. The third kappa shape index (κ3) is 3.00. The smallest absolute Gasteiger partial charge is 0.288 e. The summed E-state index contributed by atoms with van der Waals surface area (Å²) in [7, 11) is 0. The number of nitrogens with one attached hydrogen (secondary N) is 1. The van der Waals surface area contributed by atoms with Crippen LogP contribution >= 0.6 is 22.9 Å². The van der Waals surface area contributed by atoms with Crippen molar-refractivity contribution in [3.05, 3.63) is 56.0 Å². The van der Waals surface area contributed by atoms with Crippen LogP contribution in [0.4, 0.5) is 11.5 Å². The molecule has 1 N–H and O–H groups in total. The van der Waals surface area contributed by atoms with Crippen LogP contribution in [-0.4, -0.2) is 21.4 Å². The molecule has 0 saturated carbocycles. The monoisotopic (exact) mass is 334 g/mol. The number of thiophene rings is 1. The molecule has 2 heterocycles. The molecule has 6 nitrogen and oxygen atoms in total. The first kappa shape index (κ1) is 14.7. The minimum Gasteiger partial charge on any atom is -0.369 e. The van der Waals surface area contributed by atoms with Crippen LogP contribution in [0.3, 0.4) is 0 Å². The lowest BCUT2D eigenvalue weighted by Crippen LogP contribution is -2.06. The van der Waals surface area contributed by atoms with Gasteiger partial charge in [-0.1, -0.05) is 17.7 Å². The molecule has 2 aromatic heterocycles. The van der Waals surface area contributed by atoms with E-state index in [0.717, 1.165) is 6.42 Å². The molecule has 1 aromatic carbocycles. The van der Waals surface area contributed by atoms with Crippen LogP contribution in [0.5, 0.6) is 0 Å². The molecule has 0 spiro atoms. The Labute approximate surface area is 134 Å². The van der Waals surface area contributed by atoms with Crippen LogP contribution in [-0.2, 0) is 6.42 Å². The summed E-state index contributed by atoms with van der Waals surface area (Å²) in [6.07, 6.45) is 2.27. The van der Waals surface area contributed by atoms with Gasteiger partial charge in [0.1, 0.15) is 17.2 Å². The molecule has 0 bridgehead atoms. The van der Waals surface area contributed by atoms with Gasteiger partial charge in [-0.25, -0.2) is 9.97 Å². The number of nitro groups is 1. The Morgan fingerprint density at radius 1 is 1.36 bits per heavy atom. The van der Waals surface area contributed by atoms with Crippen molar-refractivity contribution in [2.45, 2.75) is 6.42 Å². The summed E-state index contributed by atoms with van der Waals surface area (Å²) in [4.78, 5) is 20.0. The highest BCUT2D eigenvalue weighted by atomic mass is 35.5. The molecule has 0 unspecified atom stereocenters. The van der Waals surface area contributed by atoms with Gasteiger partial charge in [0.05, 0.1) is 10.4 Å². The number of nitro benzene ring substituents is 1. The van der Waals surface area contributed by atoms with E-state index in [2.05, 4.69) is 21.4 Å². The highest BCUT2D eigenvalue weighted by molar-refractivity contribution is 7.09. The van der Waals surface area contributed by atoms with E-state index in [0.29, 0.717) is 23.3 Å². The van der Waals surface area contributed by atoms with E-state index in [4.69, 9.17) is 11.6 Å². The van der Waals surface area contributed by atoms with Crippen molar-refractivity contribution in [3.8, 4) is 0 Å². The maximum atomic E-state index is 11.0. The number of fused-ring (bicyclic) bond motifs is 1. The maximum Gasteiger partial charge on any atom is 0.288 e. The minimum absolute atomic E-state index is 0.0701. The van der Waals surface area contributed by atoms with Crippen molar-refractivity contribution in [3.63, 3.8) is 0 Å². The molecular weight excluding hydrogens is 324 g/mol. The maximum absolute atomic E-state index is 11.0. The molecule has 22 heavy (non-hydrogen) atoms. The van der Waals surface area contributed by atoms with Crippen LogP contribution in [0.25, 0.3) is 10.9 Å². The summed E-state index contributed by atoms with van der Waals surface area (Å²) in [6, 6.07) is 6.97. The molecule has 0 atom stereocenters. The van der Waals surface area contributed by atoms with Gasteiger partial charge in [-0.15, -0.1) is 11.3 Å². The third-order valence-electron chi connectivity index (χ3n) is 3.14. The molecule has 8 heteroatoms. The Balaban J connectivity index is 1.88. The Kier molecular flexibility index (Phi) is 4.17. The van der Waals surface area contributed by atoms with Crippen molar-refractivity contribution in [1.29, 1.82) is 0 Å². The fourth-order valence-electron chi connectivity index (χ4n) is 2.11. The Bertz CT molecular complexity index is 823. The highest BCUT2D eigenvalue weighted by Crippen LogP contribution is 2.31. The number of hydrogen-bond donors (Lipinski definition) is 1. The highest BCUT2D eigenvalue weighted by Gasteiger charge is 2.16. The molecule has 3 aromatic rings. The summed E-state index contributed by atoms with van der Waals surface area (Å²) in [5.41, 5.74) is 0.425. The first-order chi connectivity index (χ1) is 10.6. The average molecular weight is 335 g/mol. The molecule has 0 aliphatic rings. The molecule has 0 fully saturated rings. The summed E-state index contributed by atoms with van der Waals surface area (Å²) in [5.74, 6) is 0.571. The largest absolute Gasteiger partial charge is 0.369 e. The number of halogens is 1. The zero-order valence-corrected chi connectivity index (χ0v) is 12.9. The molecule has 0 aliphatic carbocycles. The van der Waals surface area contributed by atoms with Crippen LogP contribution < -0.4 is 5.32 Å². The van der Waals surface area contributed by atoms with Crippen molar-refractivity contribution in [2.24, 2.45) is 0 Å². The van der Waals surface area contributed by atoms with Gasteiger partial charge in [0, 0.05) is 22.9 Å². The minimum atomic E-state index is -0.510. The second-order valence-electron chi connectivity index (χ2n) is 4.56. The normalized spacial score (nSPS) is 10.8. The quantitative estimate of drug-likeness (QED) is 0.565. The van der Waals surface area contributed by atoms with E-state index in [1.165, 1.54) is 23.3 Å². The van der Waals surface area contributed by atoms with Gasteiger partial charge >= 0.3 is 0 Å². The van der Waals surface area contributed by atoms with Gasteiger partial charge in [0.2, 0.25) is 0 Å². The summed E-state index contributed by atoms with van der Waals surface area (Å²) in [6.45, 7) is 0.684. The predicted octanol–water partition coefficient (Wildman–Crippen LogP) is 3.91. The molecule has 0 aliphatic heterocycles. The summed E-state index contributed by atoms with van der Waals surface area (Å²) < 4.78 is 0. The van der Waals surface area contributed by atoms with Crippen LogP contribution in [0.1, 0.15) is 4.88 Å². The van der Waals surface area contributed by atoms with Crippen molar-refractivity contribution in [2.75, 3.05) is 11.9 Å². The van der Waals surface area contributed by atoms with Crippen molar-refractivity contribution >= 4 is 45.3 Å². The van der Waals surface area contributed by atoms with Gasteiger partial charge in [0.15, 0.2) is 0 Å². The van der Waals surface area contributed by atoms with E-state index in [1.54, 1.807) is 11.3 Å². The molecular formula is C14H11ClN4O2S. The standard InChI is InChI=1S/C14H11ClN4O2S/c15-11-7-12-10(6-13(11)19(20)21)14(18-8-17-12)16-4-3-9-2-1-5-22-9/h1-2,5-8H,3-4H2,(H,16,17,18). The number of hydrogen-bond acceptors (Lipinski definition) is 6. The second kappa shape index (κ2) is 6.25. The molecule has 3 rings (SSSR count). The fourth-order valence-corrected chi connectivity index (χ4v) is 3.04. The first-order valence-electron chi connectivity index (χ1n) is 6.50. The lowest BCUT2D eigenvalue weighted by molar-refractivity contribution is -0.384. The number of anilines is 1. The predicted molar refractivity (Wildman–Crippen MR) is 87.7 cm³/mol. The van der Waals surface area contributed by atoms with Gasteiger partial charge in [0.25, 0.3) is 5.69 Å². The zero-order valence-electron chi connectivity index (χ0n) is 11.3. The van der Waals surface area contributed by atoms with E-state index in [-0.39, 0.29) is 10.7 Å². The lowest BCUT2D eigenvalue weighted by Gasteiger charge is -2.08. The van der Waals surface area contributed by atoms with Gasteiger partial charge in [-0.2, -0.15) is 0 Å². The van der Waals surface area contributed by atoms with E-state index < -0.39 is 4.92 Å². The lowest BCUT2D eigenvalue weighted by atomic mass is 10.2. The van der Waals surface area contributed by atoms with Crippen LogP contribution in [0.2, 0.25) is 5.02 Å². The van der Waals surface area contributed by atoms with Crippen LogP contribution in [0.15, 0.2) is 36.0 Å². The first-order valence-corrected chi connectivity index (χ1v) is 7.76. The van der Waals surface area contributed by atoms with Crippen molar-refractivity contribution in [1.82, 2.24) is 9.97 Å².